The maximum Gasteiger partial charge on any atom is 0.222 e. The normalized spacial score (nSPS) is 15.1. The minimum atomic E-state index is 0. The molecule has 1 saturated heterocycles. The number of halogens is 1. The minimum absolute atomic E-state index is 0. The van der Waals surface area contributed by atoms with Crippen molar-refractivity contribution in [2.45, 2.75) is 45.6 Å². The molecule has 0 radical (unpaired) electrons. The van der Waals surface area contributed by atoms with Gasteiger partial charge in [0.15, 0.2) is 5.96 Å². The number of likely N-dealkylation sites (N-methyl/N-ethyl adjacent to an activating group) is 1. The first-order chi connectivity index (χ1) is 13.7. The lowest BCUT2D eigenvalue weighted by molar-refractivity contribution is -0.130. The van der Waals surface area contributed by atoms with Crippen LogP contribution in [0.15, 0.2) is 35.3 Å². The number of amides is 1. The molecule has 2 N–H and O–H groups in total. The molecule has 1 fully saturated rings. The zero-order chi connectivity index (χ0) is 20.0. The quantitative estimate of drug-likeness (QED) is 0.218. The van der Waals surface area contributed by atoms with Crippen molar-refractivity contribution in [1.82, 2.24) is 20.4 Å². The van der Waals surface area contributed by atoms with Crippen molar-refractivity contribution >= 4 is 35.8 Å². The summed E-state index contributed by atoms with van der Waals surface area (Å²) in [5.41, 5.74) is 1.33. The summed E-state index contributed by atoms with van der Waals surface area (Å²) in [6.07, 6.45) is 4.98. The van der Waals surface area contributed by atoms with Gasteiger partial charge in [-0.05, 0) is 38.8 Å². The van der Waals surface area contributed by atoms with Gasteiger partial charge in [0.2, 0.25) is 5.91 Å². The van der Waals surface area contributed by atoms with Crippen LogP contribution in [-0.4, -0.2) is 68.0 Å². The molecular weight excluding hydrogens is 477 g/mol. The summed E-state index contributed by atoms with van der Waals surface area (Å²) in [5, 5.41) is 6.71. The van der Waals surface area contributed by atoms with Gasteiger partial charge < -0.3 is 20.4 Å². The number of likely N-dealkylation sites (tertiary alicyclic amines) is 1. The highest BCUT2D eigenvalue weighted by Crippen LogP contribution is 2.11. The predicted molar refractivity (Wildman–Crippen MR) is 132 cm³/mol. The Morgan fingerprint density at radius 1 is 1.17 bits per heavy atom. The van der Waals surface area contributed by atoms with Gasteiger partial charge in [0.05, 0.1) is 0 Å². The highest BCUT2D eigenvalue weighted by atomic mass is 127. The van der Waals surface area contributed by atoms with Crippen molar-refractivity contribution < 1.29 is 4.79 Å². The van der Waals surface area contributed by atoms with Gasteiger partial charge in [0.1, 0.15) is 0 Å². The molecule has 0 aliphatic carbocycles. The molecule has 2 rings (SSSR count). The summed E-state index contributed by atoms with van der Waals surface area (Å²) >= 11 is 0. The molecule has 1 aliphatic rings. The first-order valence-corrected chi connectivity index (χ1v) is 10.7. The van der Waals surface area contributed by atoms with E-state index in [-0.39, 0.29) is 24.0 Å². The van der Waals surface area contributed by atoms with Crippen LogP contribution in [0.25, 0.3) is 0 Å². The molecule has 0 unspecified atom stereocenters. The average Bonchev–Trinajstić information content (AvgIpc) is 2.90. The van der Waals surface area contributed by atoms with Gasteiger partial charge in [-0.3, -0.25) is 9.79 Å². The predicted octanol–water partition coefficient (Wildman–Crippen LogP) is 3.08. The van der Waals surface area contributed by atoms with Gasteiger partial charge in [-0.15, -0.1) is 24.0 Å². The summed E-state index contributed by atoms with van der Waals surface area (Å²) in [6.45, 7) is 8.13. The van der Waals surface area contributed by atoms with E-state index in [0.29, 0.717) is 12.3 Å². The lowest BCUT2D eigenvalue weighted by Crippen LogP contribution is -2.41. The molecule has 29 heavy (non-hydrogen) atoms. The molecular formula is C22H38IN5O. The van der Waals surface area contributed by atoms with Crippen LogP contribution in [0.4, 0.5) is 0 Å². The summed E-state index contributed by atoms with van der Waals surface area (Å²) in [7, 11) is 2.14. The van der Waals surface area contributed by atoms with E-state index in [1.165, 1.54) is 12.0 Å². The molecule has 1 aliphatic heterocycles. The summed E-state index contributed by atoms with van der Waals surface area (Å²) in [6, 6.07) is 10.5. The standard InChI is InChI=1S/C22H37N5O.HI/c1-3-23-22(24-14-10-17-27-16-9-5-8-13-21(27)28)25-15-18-26(2)19-20-11-6-4-7-12-20;/h4,6-7,11-12H,3,5,8-10,13-19H2,1-2H3,(H2,23,24,25);1H. The molecule has 1 heterocycles. The Balaban J connectivity index is 0.00000420. The minimum Gasteiger partial charge on any atom is -0.357 e. The fourth-order valence-electron chi connectivity index (χ4n) is 3.41. The highest BCUT2D eigenvalue weighted by Gasteiger charge is 2.15. The maximum absolute atomic E-state index is 12.0. The van der Waals surface area contributed by atoms with Crippen LogP contribution in [0.3, 0.4) is 0 Å². The monoisotopic (exact) mass is 515 g/mol. The first-order valence-electron chi connectivity index (χ1n) is 10.7. The third kappa shape index (κ3) is 10.8. The number of guanidine groups is 1. The number of carbonyl (C=O) groups is 1. The Morgan fingerprint density at radius 2 is 1.97 bits per heavy atom. The molecule has 0 spiro atoms. The Bertz CT molecular complexity index is 596. The summed E-state index contributed by atoms with van der Waals surface area (Å²) in [4.78, 5) is 21.0. The van der Waals surface area contributed by atoms with E-state index >= 15 is 0 Å². The van der Waals surface area contributed by atoms with Crippen molar-refractivity contribution in [3.63, 3.8) is 0 Å². The maximum atomic E-state index is 12.0. The fourth-order valence-corrected chi connectivity index (χ4v) is 3.41. The fraction of sp³-hybridized carbons (Fsp3) is 0.636. The number of hydrogen-bond donors (Lipinski definition) is 2. The van der Waals surface area contributed by atoms with Crippen molar-refractivity contribution in [3.8, 4) is 0 Å². The van der Waals surface area contributed by atoms with Crippen LogP contribution in [0, 0.1) is 0 Å². The zero-order valence-corrected chi connectivity index (χ0v) is 20.4. The number of rotatable bonds is 10. The highest BCUT2D eigenvalue weighted by molar-refractivity contribution is 14.0. The van der Waals surface area contributed by atoms with E-state index in [1.54, 1.807) is 0 Å². The number of benzene rings is 1. The first kappa shape index (κ1) is 25.7. The number of nitrogens with zero attached hydrogens (tertiary/aromatic N) is 3. The average molecular weight is 515 g/mol. The largest absolute Gasteiger partial charge is 0.357 e. The van der Waals surface area contributed by atoms with Gasteiger partial charge in [-0.1, -0.05) is 36.8 Å². The van der Waals surface area contributed by atoms with E-state index in [2.05, 4.69) is 58.8 Å². The second-order valence-electron chi connectivity index (χ2n) is 7.46. The van der Waals surface area contributed by atoms with E-state index in [1.807, 2.05) is 11.0 Å². The molecule has 0 aromatic heterocycles. The molecule has 1 aromatic carbocycles. The lowest BCUT2D eigenvalue weighted by atomic mass is 10.2. The van der Waals surface area contributed by atoms with Crippen molar-refractivity contribution in [2.75, 3.05) is 46.3 Å². The van der Waals surface area contributed by atoms with Gasteiger partial charge in [0.25, 0.3) is 0 Å². The van der Waals surface area contributed by atoms with Crippen LogP contribution in [0.2, 0.25) is 0 Å². The van der Waals surface area contributed by atoms with Crippen LogP contribution in [-0.2, 0) is 11.3 Å². The van der Waals surface area contributed by atoms with Crippen LogP contribution >= 0.6 is 24.0 Å². The van der Waals surface area contributed by atoms with Gasteiger partial charge in [-0.25, -0.2) is 0 Å². The lowest BCUT2D eigenvalue weighted by Gasteiger charge is -2.20. The van der Waals surface area contributed by atoms with E-state index in [4.69, 9.17) is 0 Å². The number of carbonyl (C=O) groups excluding carboxylic acids is 1. The van der Waals surface area contributed by atoms with Crippen LogP contribution < -0.4 is 10.6 Å². The van der Waals surface area contributed by atoms with E-state index in [0.717, 1.165) is 71.0 Å². The Kier molecular flexibility index (Phi) is 13.7. The zero-order valence-electron chi connectivity index (χ0n) is 18.0. The second kappa shape index (κ2) is 15.5. The topological polar surface area (TPSA) is 60.0 Å². The van der Waals surface area contributed by atoms with Gasteiger partial charge >= 0.3 is 0 Å². The molecule has 7 heteroatoms. The smallest absolute Gasteiger partial charge is 0.222 e. The van der Waals surface area contributed by atoms with Gasteiger partial charge in [0, 0.05) is 52.2 Å². The van der Waals surface area contributed by atoms with Crippen LogP contribution in [0.5, 0.6) is 0 Å². The molecule has 0 saturated carbocycles. The van der Waals surface area contributed by atoms with Crippen molar-refractivity contribution in [3.05, 3.63) is 35.9 Å². The van der Waals surface area contributed by atoms with Crippen LogP contribution in [0.1, 0.15) is 44.6 Å². The van der Waals surface area contributed by atoms with E-state index in [9.17, 15) is 4.79 Å². The Labute approximate surface area is 193 Å². The Morgan fingerprint density at radius 3 is 2.72 bits per heavy atom. The number of nitrogens with one attached hydrogen (secondary N) is 2. The van der Waals surface area contributed by atoms with Crippen molar-refractivity contribution in [2.24, 2.45) is 4.99 Å². The molecule has 1 aromatic rings. The van der Waals surface area contributed by atoms with Gasteiger partial charge in [-0.2, -0.15) is 0 Å². The van der Waals surface area contributed by atoms with E-state index < -0.39 is 0 Å². The molecule has 164 valence electrons. The number of aliphatic imine (C=N–C) groups is 1. The summed E-state index contributed by atoms with van der Waals surface area (Å²) < 4.78 is 0. The molecule has 0 atom stereocenters. The van der Waals surface area contributed by atoms with Crippen molar-refractivity contribution in [1.29, 1.82) is 0 Å². The number of hydrogen-bond acceptors (Lipinski definition) is 3. The molecule has 1 amide bonds. The third-order valence-corrected chi connectivity index (χ3v) is 4.95. The molecule has 6 nitrogen and oxygen atoms in total. The second-order valence-corrected chi connectivity index (χ2v) is 7.46. The Hall–Kier alpha value is -1.35. The summed E-state index contributed by atoms with van der Waals surface area (Å²) in [5.74, 6) is 1.17. The molecule has 0 bridgehead atoms. The SMILES string of the molecule is CCNC(=NCCCN1CCCCCC1=O)NCCN(C)Cc1ccccc1.I. The third-order valence-electron chi connectivity index (χ3n) is 4.95.